The fraction of sp³-hybridized carbons (Fsp3) is 0.111. The predicted octanol–water partition coefficient (Wildman–Crippen LogP) is 1.35. The zero-order valence-electron chi connectivity index (χ0n) is 6.12. The van der Waals surface area contributed by atoms with Gasteiger partial charge < -0.3 is 5.43 Å². The van der Waals surface area contributed by atoms with Crippen molar-refractivity contribution >= 4 is 0 Å². The summed E-state index contributed by atoms with van der Waals surface area (Å²) < 4.78 is 0. The van der Waals surface area contributed by atoms with E-state index in [1.807, 2.05) is 24.4 Å². The summed E-state index contributed by atoms with van der Waals surface area (Å²) in [6, 6.07) is 10.7. The lowest BCUT2D eigenvalue weighted by Gasteiger charge is -2.07. The van der Waals surface area contributed by atoms with Crippen LogP contribution in [0.5, 0.6) is 0 Å². The van der Waals surface area contributed by atoms with Gasteiger partial charge in [-0.15, -0.1) is 0 Å². The zero-order chi connectivity index (χ0) is 7.52. The molecular formula is C9H10N2. The molecule has 0 saturated heterocycles. The quantitative estimate of drug-likeness (QED) is 0.625. The van der Waals surface area contributed by atoms with Gasteiger partial charge in [-0.05, 0) is 11.6 Å². The van der Waals surface area contributed by atoms with Crippen molar-refractivity contribution in [3.8, 4) is 0 Å². The third-order valence-corrected chi connectivity index (χ3v) is 1.77. The van der Waals surface area contributed by atoms with E-state index in [0.29, 0.717) is 6.04 Å². The molecule has 0 bridgehead atoms. The van der Waals surface area contributed by atoms with Crippen LogP contribution in [0.1, 0.15) is 11.6 Å². The number of rotatable bonds is 1. The molecule has 11 heavy (non-hydrogen) atoms. The van der Waals surface area contributed by atoms with Crippen LogP contribution in [0.3, 0.4) is 0 Å². The van der Waals surface area contributed by atoms with Gasteiger partial charge in [-0.3, -0.25) is 0 Å². The normalized spacial score (nSPS) is 21.6. The number of hydrazine groups is 1. The molecule has 0 radical (unpaired) electrons. The third-order valence-electron chi connectivity index (χ3n) is 1.77. The SMILES string of the molecule is C1=CC(c2ccccc2)NN1. The van der Waals surface area contributed by atoms with Crippen LogP contribution in [0.15, 0.2) is 42.6 Å². The van der Waals surface area contributed by atoms with Gasteiger partial charge in [0.15, 0.2) is 0 Å². The molecule has 1 aliphatic heterocycles. The Balaban J connectivity index is 2.23. The summed E-state index contributed by atoms with van der Waals surface area (Å²) in [6.07, 6.45) is 4.01. The Labute approximate surface area is 65.9 Å². The lowest BCUT2D eigenvalue weighted by molar-refractivity contribution is 0.610. The second-order valence-corrected chi connectivity index (χ2v) is 2.54. The first kappa shape index (κ1) is 6.43. The van der Waals surface area contributed by atoms with E-state index in [-0.39, 0.29) is 0 Å². The predicted molar refractivity (Wildman–Crippen MR) is 44.6 cm³/mol. The van der Waals surface area contributed by atoms with Gasteiger partial charge in [-0.1, -0.05) is 30.3 Å². The first-order valence-electron chi connectivity index (χ1n) is 3.69. The molecule has 1 aromatic carbocycles. The second-order valence-electron chi connectivity index (χ2n) is 2.54. The van der Waals surface area contributed by atoms with Gasteiger partial charge in [0, 0.05) is 6.20 Å². The standard InChI is InChI=1S/C9H10N2/c1-2-4-8(5-3-1)9-6-7-10-11-9/h1-7,9-11H. The Morgan fingerprint density at radius 2 is 1.91 bits per heavy atom. The van der Waals surface area contributed by atoms with Gasteiger partial charge in [0.25, 0.3) is 0 Å². The Morgan fingerprint density at radius 3 is 2.55 bits per heavy atom. The highest BCUT2D eigenvalue weighted by Crippen LogP contribution is 2.14. The van der Waals surface area contributed by atoms with Gasteiger partial charge in [0.2, 0.25) is 0 Å². The lowest BCUT2D eigenvalue weighted by Crippen LogP contribution is -2.23. The van der Waals surface area contributed by atoms with Crippen LogP contribution in [0.4, 0.5) is 0 Å². The van der Waals surface area contributed by atoms with Gasteiger partial charge in [-0.2, -0.15) is 0 Å². The average Bonchev–Trinajstić information content (AvgIpc) is 2.58. The molecule has 0 saturated carbocycles. The van der Waals surface area contributed by atoms with Gasteiger partial charge in [0.05, 0.1) is 6.04 Å². The van der Waals surface area contributed by atoms with Crippen molar-refractivity contribution < 1.29 is 0 Å². The molecule has 1 aromatic rings. The minimum Gasteiger partial charge on any atom is -0.328 e. The summed E-state index contributed by atoms with van der Waals surface area (Å²) in [4.78, 5) is 0. The molecule has 2 heteroatoms. The highest BCUT2D eigenvalue weighted by atomic mass is 15.4. The number of nitrogens with one attached hydrogen (secondary N) is 2. The summed E-state index contributed by atoms with van der Waals surface area (Å²) in [5.41, 5.74) is 7.34. The zero-order valence-corrected chi connectivity index (χ0v) is 6.12. The monoisotopic (exact) mass is 146 g/mol. The molecule has 1 unspecified atom stereocenters. The van der Waals surface area contributed by atoms with Crippen LogP contribution in [0, 0.1) is 0 Å². The van der Waals surface area contributed by atoms with E-state index in [1.54, 1.807) is 0 Å². The molecule has 1 atom stereocenters. The summed E-state index contributed by atoms with van der Waals surface area (Å²) in [7, 11) is 0. The van der Waals surface area contributed by atoms with Crippen molar-refractivity contribution in [1.29, 1.82) is 0 Å². The molecule has 2 rings (SSSR count). The highest BCUT2D eigenvalue weighted by Gasteiger charge is 2.08. The van der Waals surface area contributed by atoms with E-state index in [2.05, 4.69) is 29.1 Å². The Bertz CT molecular complexity index is 254. The van der Waals surface area contributed by atoms with Crippen LogP contribution in [-0.2, 0) is 0 Å². The summed E-state index contributed by atoms with van der Waals surface area (Å²) >= 11 is 0. The van der Waals surface area contributed by atoms with Crippen molar-refractivity contribution in [2.45, 2.75) is 6.04 Å². The van der Waals surface area contributed by atoms with Crippen LogP contribution < -0.4 is 10.9 Å². The molecule has 0 fully saturated rings. The van der Waals surface area contributed by atoms with E-state index in [9.17, 15) is 0 Å². The molecular weight excluding hydrogens is 136 g/mol. The maximum absolute atomic E-state index is 3.11. The van der Waals surface area contributed by atoms with Gasteiger partial charge >= 0.3 is 0 Å². The largest absolute Gasteiger partial charge is 0.328 e. The van der Waals surface area contributed by atoms with Crippen molar-refractivity contribution in [1.82, 2.24) is 10.9 Å². The molecule has 1 heterocycles. The summed E-state index contributed by atoms with van der Waals surface area (Å²) in [6.45, 7) is 0. The average molecular weight is 146 g/mol. The van der Waals surface area contributed by atoms with Crippen molar-refractivity contribution in [2.75, 3.05) is 0 Å². The molecule has 0 spiro atoms. The van der Waals surface area contributed by atoms with E-state index < -0.39 is 0 Å². The summed E-state index contributed by atoms with van der Waals surface area (Å²) in [5, 5.41) is 0. The second kappa shape index (κ2) is 2.76. The van der Waals surface area contributed by atoms with E-state index in [1.165, 1.54) is 5.56 Å². The molecule has 56 valence electrons. The minimum atomic E-state index is 0.330. The van der Waals surface area contributed by atoms with E-state index >= 15 is 0 Å². The molecule has 2 N–H and O–H groups in total. The third kappa shape index (κ3) is 1.25. The molecule has 0 amide bonds. The Morgan fingerprint density at radius 1 is 1.09 bits per heavy atom. The topological polar surface area (TPSA) is 24.1 Å². The van der Waals surface area contributed by atoms with Crippen molar-refractivity contribution in [3.05, 3.63) is 48.2 Å². The smallest absolute Gasteiger partial charge is 0.0707 e. The van der Waals surface area contributed by atoms with E-state index in [0.717, 1.165) is 0 Å². The molecule has 2 nitrogen and oxygen atoms in total. The molecule has 0 aliphatic carbocycles. The maximum Gasteiger partial charge on any atom is 0.0707 e. The van der Waals surface area contributed by atoms with Crippen molar-refractivity contribution in [3.63, 3.8) is 0 Å². The van der Waals surface area contributed by atoms with Gasteiger partial charge in [-0.25, -0.2) is 5.43 Å². The number of hydrogen-bond acceptors (Lipinski definition) is 2. The Hall–Kier alpha value is -1.28. The van der Waals surface area contributed by atoms with Crippen LogP contribution in [-0.4, -0.2) is 0 Å². The molecule has 0 aromatic heterocycles. The van der Waals surface area contributed by atoms with Crippen LogP contribution in [0.2, 0.25) is 0 Å². The number of hydrogen-bond donors (Lipinski definition) is 2. The molecule has 1 aliphatic rings. The number of benzene rings is 1. The first-order valence-corrected chi connectivity index (χ1v) is 3.69. The minimum absolute atomic E-state index is 0.330. The van der Waals surface area contributed by atoms with Gasteiger partial charge in [0.1, 0.15) is 0 Å². The summed E-state index contributed by atoms with van der Waals surface area (Å²) in [5.74, 6) is 0. The Kier molecular flexibility index (Phi) is 1.61. The first-order chi connectivity index (χ1) is 5.47. The van der Waals surface area contributed by atoms with E-state index in [4.69, 9.17) is 0 Å². The fourth-order valence-electron chi connectivity index (χ4n) is 1.19. The maximum atomic E-state index is 3.11. The van der Waals surface area contributed by atoms with Crippen LogP contribution in [0.25, 0.3) is 0 Å². The lowest BCUT2D eigenvalue weighted by atomic mass is 10.1. The fourth-order valence-corrected chi connectivity index (χ4v) is 1.19. The van der Waals surface area contributed by atoms with Crippen LogP contribution >= 0.6 is 0 Å². The highest BCUT2D eigenvalue weighted by molar-refractivity contribution is 5.23. The van der Waals surface area contributed by atoms with Crippen molar-refractivity contribution in [2.24, 2.45) is 0 Å².